The quantitative estimate of drug-likeness (QED) is 0.893. The van der Waals surface area contributed by atoms with E-state index < -0.39 is 0 Å². The van der Waals surface area contributed by atoms with Crippen molar-refractivity contribution < 1.29 is 23.7 Å². The van der Waals surface area contributed by atoms with Crippen LogP contribution < -0.4 is 19.9 Å². The number of benzene rings is 2. The Balaban J connectivity index is 1.61. The molecule has 3 aliphatic heterocycles. The summed E-state index contributed by atoms with van der Waals surface area (Å²) >= 11 is 0. The van der Waals surface area contributed by atoms with Crippen LogP contribution in [0.4, 0.5) is 0 Å². The van der Waals surface area contributed by atoms with Gasteiger partial charge in [0, 0.05) is 29.2 Å². The van der Waals surface area contributed by atoms with E-state index in [0.717, 1.165) is 34.6 Å². The third kappa shape index (κ3) is 2.61. The first kappa shape index (κ1) is 15.9. The molecule has 6 heteroatoms. The fraction of sp³-hybridized carbons (Fsp3) is 0.400. The smallest absolute Gasteiger partial charge is 0.231 e. The van der Waals surface area contributed by atoms with E-state index in [1.165, 1.54) is 0 Å². The van der Waals surface area contributed by atoms with Crippen LogP contribution >= 0.6 is 0 Å². The summed E-state index contributed by atoms with van der Waals surface area (Å²) in [6, 6.07) is 11.9. The standard InChI is InChI=1S/C20H21NO5/c21-15-10-24-16-9-18-17(25-11-26-18)8-14(16)19(15)12-4-1-2-5-13(12)20-22-6-3-7-23-20/h1-2,4-5,8-9,15,19-20H,3,6-7,10-11,21H2/t15-,19?/m1/s1. The molecule has 3 heterocycles. The molecule has 0 aromatic heterocycles. The van der Waals surface area contributed by atoms with Gasteiger partial charge in [0.05, 0.1) is 13.2 Å². The molecule has 5 rings (SSSR count). The molecule has 0 radical (unpaired) electrons. The van der Waals surface area contributed by atoms with Crippen LogP contribution in [0.5, 0.6) is 17.2 Å². The molecule has 2 aromatic carbocycles. The minimum atomic E-state index is -0.354. The van der Waals surface area contributed by atoms with E-state index in [4.69, 9.17) is 29.4 Å². The van der Waals surface area contributed by atoms with Crippen LogP contribution in [0.25, 0.3) is 0 Å². The highest BCUT2D eigenvalue weighted by Crippen LogP contribution is 2.46. The fourth-order valence-electron chi connectivity index (χ4n) is 3.89. The molecule has 26 heavy (non-hydrogen) atoms. The molecule has 1 fully saturated rings. The highest BCUT2D eigenvalue weighted by molar-refractivity contribution is 5.57. The SMILES string of the molecule is N[C@@H]1COc2cc3c(cc2C1c1ccccc1C1OCCCO1)OCO3. The summed E-state index contributed by atoms with van der Waals surface area (Å²) in [5, 5.41) is 0. The summed E-state index contributed by atoms with van der Waals surface area (Å²) in [5.41, 5.74) is 9.63. The first-order valence-corrected chi connectivity index (χ1v) is 8.95. The van der Waals surface area contributed by atoms with Crippen molar-refractivity contribution in [3.05, 3.63) is 53.1 Å². The molecule has 0 amide bonds. The summed E-state index contributed by atoms with van der Waals surface area (Å²) in [6.45, 7) is 2.08. The molecule has 0 spiro atoms. The van der Waals surface area contributed by atoms with Gasteiger partial charge < -0.3 is 29.4 Å². The van der Waals surface area contributed by atoms with Gasteiger partial charge in [-0.1, -0.05) is 24.3 Å². The maximum absolute atomic E-state index is 6.49. The molecule has 1 saturated heterocycles. The van der Waals surface area contributed by atoms with E-state index in [0.29, 0.717) is 25.6 Å². The van der Waals surface area contributed by atoms with Gasteiger partial charge in [0.15, 0.2) is 17.8 Å². The minimum absolute atomic E-state index is 0.0291. The summed E-state index contributed by atoms with van der Waals surface area (Å²) < 4.78 is 28.6. The Bertz CT molecular complexity index is 818. The van der Waals surface area contributed by atoms with E-state index in [-0.39, 0.29) is 25.0 Å². The molecule has 2 atom stereocenters. The zero-order valence-corrected chi connectivity index (χ0v) is 14.4. The Kier molecular flexibility index (Phi) is 3.96. The lowest BCUT2D eigenvalue weighted by Gasteiger charge is -2.34. The van der Waals surface area contributed by atoms with Crippen molar-refractivity contribution in [3.63, 3.8) is 0 Å². The van der Waals surface area contributed by atoms with Crippen molar-refractivity contribution in [2.24, 2.45) is 5.73 Å². The maximum Gasteiger partial charge on any atom is 0.231 e. The summed E-state index contributed by atoms with van der Waals surface area (Å²) in [4.78, 5) is 0. The normalized spacial score (nSPS) is 24.8. The fourth-order valence-corrected chi connectivity index (χ4v) is 3.89. The highest BCUT2D eigenvalue weighted by atomic mass is 16.7. The van der Waals surface area contributed by atoms with Gasteiger partial charge in [0.25, 0.3) is 0 Å². The number of ether oxygens (including phenoxy) is 5. The van der Waals surface area contributed by atoms with Crippen LogP contribution in [-0.2, 0) is 9.47 Å². The lowest BCUT2D eigenvalue weighted by Crippen LogP contribution is -2.39. The third-order valence-electron chi connectivity index (χ3n) is 5.11. The molecule has 136 valence electrons. The topological polar surface area (TPSA) is 72.2 Å². The lowest BCUT2D eigenvalue weighted by atomic mass is 9.81. The molecular formula is C20H21NO5. The van der Waals surface area contributed by atoms with Crippen molar-refractivity contribution >= 4 is 0 Å². The average Bonchev–Trinajstić information content (AvgIpc) is 3.14. The Morgan fingerprint density at radius 1 is 0.808 bits per heavy atom. The summed E-state index contributed by atoms with van der Waals surface area (Å²) in [7, 11) is 0. The third-order valence-corrected chi connectivity index (χ3v) is 5.11. The first-order valence-electron chi connectivity index (χ1n) is 8.95. The van der Waals surface area contributed by atoms with Crippen molar-refractivity contribution in [1.82, 2.24) is 0 Å². The lowest BCUT2D eigenvalue weighted by molar-refractivity contribution is -0.183. The van der Waals surface area contributed by atoms with E-state index in [2.05, 4.69) is 12.1 Å². The van der Waals surface area contributed by atoms with Crippen molar-refractivity contribution in [3.8, 4) is 17.2 Å². The number of hydrogen-bond acceptors (Lipinski definition) is 6. The molecule has 3 aliphatic rings. The van der Waals surface area contributed by atoms with Gasteiger partial charge in [0.2, 0.25) is 6.79 Å². The molecule has 2 aromatic rings. The second-order valence-corrected chi connectivity index (χ2v) is 6.75. The van der Waals surface area contributed by atoms with E-state index in [1.54, 1.807) is 0 Å². The Labute approximate surface area is 151 Å². The van der Waals surface area contributed by atoms with Crippen LogP contribution in [0, 0.1) is 0 Å². The van der Waals surface area contributed by atoms with Crippen LogP contribution in [0.2, 0.25) is 0 Å². The highest BCUT2D eigenvalue weighted by Gasteiger charge is 2.35. The molecule has 0 bridgehead atoms. The number of rotatable bonds is 2. The average molecular weight is 355 g/mol. The molecule has 0 saturated carbocycles. The van der Waals surface area contributed by atoms with Gasteiger partial charge >= 0.3 is 0 Å². The van der Waals surface area contributed by atoms with Gasteiger partial charge in [0.1, 0.15) is 12.4 Å². The summed E-state index contributed by atoms with van der Waals surface area (Å²) in [6.07, 6.45) is 0.564. The van der Waals surface area contributed by atoms with Crippen molar-refractivity contribution in [2.45, 2.75) is 24.7 Å². The van der Waals surface area contributed by atoms with Crippen LogP contribution in [0.1, 0.15) is 35.3 Å². The molecule has 2 N–H and O–H groups in total. The van der Waals surface area contributed by atoms with E-state index >= 15 is 0 Å². The van der Waals surface area contributed by atoms with Gasteiger partial charge in [-0.05, 0) is 18.1 Å². The zero-order chi connectivity index (χ0) is 17.5. The molecular weight excluding hydrogens is 334 g/mol. The predicted molar refractivity (Wildman–Crippen MR) is 93.6 cm³/mol. The monoisotopic (exact) mass is 355 g/mol. The largest absolute Gasteiger partial charge is 0.491 e. The van der Waals surface area contributed by atoms with Crippen LogP contribution in [0.15, 0.2) is 36.4 Å². The molecule has 6 nitrogen and oxygen atoms in total. The van der Waals surface area contributed by atoms with Gasteiger partial charge in [-0.25, -0.2) is 0 Å². The second kappa shape index (κ2) is 6.46. The van der Waals surface area contributed by atoms with Crippen molar-refractivity contribution in [1.29, 1.82) is 0 Å². The zero-order valence-electron chi connectivity index (χ0n) is 14.4. The minimum Gasteiger partial charge on any atom is -0.491 e. The van der Waals surface area contributed by atoms with Crippen molar-refractivity contribution in [2.75, 3.05) is 26.6 Å². The number of hydrogen-bond donors (Lipinski definition) is 1. The van der Waals surface area contributed by atoms with E-state index in [1.807, 2.05) is 24.3 Å². The van der Waals surface area contributed by atoms with Gasteiger partial charge in [-0.15, -0.1) is 0 Å². The number of fused-ring (bicyclic) bond motifs is 2. The van der Waals surface area contributed by atoms with Gasteiger partial charge in [-0.2, -0.15) is 0 Å². The first-order chi connectivity index (χ1) is 12.8. The van der Waals surface area contributed by atoms with Gasteiger partial charge in [-0.3, -0.25) is 0 Å². The Morgan fingerprint density at radius 2 is 1.54 bits per heavy atom. The van der Waals surface area contributed by atoms with Crippen LogP contribution in [-0.4, -0.2) is 32.7 Å². The van der Waals surface area contributed by atoms with E-state index in [9.17, 15) is 0 Å². The Morgan fingerprint density at radius 3 is 2.35 bits per heavy atom. The molecule has 0 aliphatic carbocycles. The van der Waals surface area contributed by atoms with Crippen LogP contribution in [0.3, 0.4) is 0 Å². The second-order valence-electron chi connectivity index (χ2n) is 6.75. The predicted octanol–water partition coefficient (Wildman–Crippen LogP) is 2.70. The maximum atomic E-state index is 6.49. The summed E-state index contributed by atoms with van der Waals surface area (Å²) in [5.74, 6) is 2.21. The number of nitrogens with two attached hydrogens (primary N) is 1. The molecule has 1 unspecified atom stereocenters. The Hall–Kier alpha value is -2.28.